The van der Waals surface area contributed by atoms with Gasteiger partial charge in [0.25, 0.3) is 11.5 Å². The highest BCUT2D eigenvalue weighted by Crippen LogP contribution is 2.12. The Bertz CT molecular complexity index is 850. The smallest absolute Gasteiger partial charge is 0.326 e. The summed E-state index contributed by atoms with van der Waals surface area (Å²) in [6.45, 7) is 0.624. The number of halogens is 1. The zero-order chi connectivity index (χ0) is 19.1. The van der Waals surface area contributed by atoms with Gasteiger partial charge in [0.1, 0.15) is 11.6 Å². The molecule has 2 rings (SSSR count). The summed E-state index contributed by atoms with van der Waals surface area (Å²) in [5.41, 5.74) is 5.70. The summed E-state index contributed by atoms with van der Waals surface area (Å²) in [4.78, 5) is 36.2. The number of rotatable bonds is 8. The fraction of sp³-hybridized carbons (Fsp3) is 0.278. The fourth-order valence-corrected chi connectivity index (χ4v) is 2.93. The van der Waals surface area contributed by atoms with Gasteiger partial charge in [-0.05, 0) is 49.2 Å². The number of aliphatic carboxylic acids is 1. The van der Waals surface area contributed by atoms with E-state index < -0.39 is 23.5 Å². The molecule has 0 bridgehead atoms. The first-order valence-electron chi connectivity index (χ1n) is 8.10. The number of nitrogens with one attached hydrogen (secondary N) is 1. The predicted octanol–water partition coefficient (Wildman–Crippen LogP) is 1.58. The number of pyridine rings is 1. The van der Waals surface area contributed by atoms with Crippen LogP contribution in [0.1, 0.15) is 28.8 Å². The van der Waals surface area contributed by atoms with Crippen molar-refractivity contribution >= 4 is 27.8 Å². The van der Waals surface area contributed by atoms with Crippen LogP contribution in [0.5, 0.6) is 0 Å². The second-order valence-corrected chi connectivity index (χ2v) is 6.70. The standard InChI is InChI=1S/C18H20BrN3O4/c19-13-5-1-4-12(10-13)11-22-9-3-6-14(17(22)24)16(23)21-15(18(25)26)7-2-8-20/h1,3-6,9-10,15H,2,7-8,11,20H2,(H,21,23)(H,25,26)/t15-/m0/s1. The van der Waals surface area contributed by atoms with Gasteiger partial charge in [0.05, 0.1) is 6.54 Å². The van der Waals surface area contributed by atoms with E-state index in [9.17, 15) is 19.5 Å². The lowest BCUT2D eigenvalue weighted by atomic mass is 10.1. The SMILES string of the molecule is NCCC[C@H](NC(=O)c1cccn(Cc2cccc(Br)c2)c1=O)C(=O)O. The number of hydrogen-bond donors (Lipinski definition) is 3. The van der Waals surface area contributed by atoms with Crippen LogP contribution in [-0.2, 0) is 11.3 Å². The van der Waals surface area contributed by atoms with Crippen LogP contribution < -0.4 is 16.6 Å². The Morgan fingerprint density at radius 2 is 2.04 bits per heavy atom. The van der Waals surface area contributed by atoms with Crippen molar-refractivity contribution in [3.05, 3.63) is 68.5 Å². The highest BCUT2D eigenvalue weighted by Gasteiger charge is 2.22. The molecule has 1 atom stereocenters. The molecule has 138 valence electrons. The van der Waals surface area contributed by atoms with Crippen LogP contribution >= 0.6 is 15.9 Å². The molecular weight excluding hydrogens is 402 g/mol. The van der Waals surface area contributed by atoms with Crippen molar-refractivity contribution in [1.82, 2.24) is 9.88 Å². The lowest BCUT2D eigenvalue weighted by Gasteiger charge is -2.14. The Labute approximate surface area is 159 Å². The third-order valence-electron chi connectivity index (χ3n) is 3.81. The Kier molecular flexibility index (Phi) is 7.11. The molecule has 0 unspecified atom stereocenters. The summed E-state index contributed by atoms with van der Waals surface area (Å²) in [6, 6.07) is 9.38. The van der Waals surface area contributed by atoms with E-state index in [4.69, 9.17) is 5.73 Å². The summed E-state index contributed by atoms with van der Waals surface area (Å²) in [7, 11) is 0. The van der Waals surface area contributed by atoms with E-state index in [1.807, 2.05) is 24.3 Å². The zero-order valence-electron chi connectivity index (χ0n) is 14.0. The van der Waals surface area contributed by atoms with E-state index >= 15 is 0 Å². The third-order valence-corrected chi connectivity index (χ3v) is 4.30. The van der Waals surface area contributed by atoms with E-state index in [-0.39, 0.29) is 12.0 Å². The van der Waals surface area contributed by atoms with Gasteiger partial charge in [-0.3, -0.25) is 9.59 Å². The summed E-state index contributed by atoms with van der Waals surface area (Å²) in [5.74, 6) is -1.86. The van der Waals surface area contributed by atoms with Crippen LogP contribution in [0.3, 0.4) is 0 Å². The molecule has 7 nitrogen and oxygen atoms in total. The molecule has 26 heavy (non-hydrogen) atoms. The lowest BCUT2D eigenvalue weighted by molar-refractivity contribution is -0.139. The largest absolute Gasteiger partial charge is 0.480 e. The van der Waals surface area contributed by atoms with Gasteiger partial charge in [0.2, 0.25) is 0 Å². The third kappa shape index (κ3) is 5.27. The number of amides is 1. The summed E-state index contributed by atoms with van der Waals surface area (Å²) in [6.07, 6.45) is 2.25. The van der Waals surface area contributed by atoms with E-state index in [1.54, 1.807) is 12.3 Å². The number of carboxylic acids is 1. The molecule has 0 aliphatic heterocycles. The molecule has 0 aliphatic rings. The van der Waals surface area contributed by atoms with Crippen LogP contribution in [-0.4, -0.2) is 34.1 Å². The zero-order valence-corrected chi connectivity index (χ0v) is 15.6. The molecule has 0 radical (unpaired) electrons. The van der Waals surface area contributed by atoms with E-state index in [1.165, 1.54) is 10.6 Å². The van der Waals surface area contributed by atoms with Gasteiger partial charge in [-0.25, -0.2) is 4.79 Å². The number of benzene rings is 1. The first-order chi connectivity index (χ1) is 12.4. The molecule has 0 aliphatic carbocycles. The summed E-state index contributed by atoms with van der Waals surface area (Å²) < 4.78 is 2.30. The van der Waals surface area contributed by atoms with Gasteiger partial charge in [-0.1, -0.05) is 28.1 Å². The van der Waals surface area contributed by atoms with Gasteiger partial charge in [0.15, 0.2) is 0 Å². The minimum absolute atomic E-state index is 0.0958. The first-order valence-corrected chi connectivity index (χ1v) is 8.89. The number of carbonyl (C=O) groups excluding carboxylic acids is 1. The van der Waals surface area contributed by atoms with Gasteiger partial charge in [-0.2, -0.15) is 0 Å². The lowest BCUT2D eigenvalue weighted by Crippen LogP contribution is -2.43. The van der Waals surface area contributed by atoms with Crippen molar-refractivity contribution in [2.45, 2.75) is 25.4 Å². The number of nitrogens with two attached hydrogens (primary N) is 1. The maximum atomic E-state index is 12.6. The summed E-state index contributed by atoms with van der Waals surface area (Å²) in [5, 5.41) is 11.6. The second kappa shape index (κ2) is 9.30. The van der Waals surface area contributed by atoms with Crippen LogP contribution in [0.25, 0.3) is 0 Å². The highest BCUT2D eigenvalue weighted by molar-refractivity contribution is 9.10. The van der Waals surface area contributed by atoms with Crippen molar-refractivity contribution in [1.29, 1.82) is 0 Å². The van der Waals surface area contributed by atoms with Gasteiger partial charge < -0.3 is 20.7 Å². The molecule has 0 fully saturated rings. The Hall–Kier alpha value is -2.45. The topological polar surface area (TPSA) is 114 Å². The number of aromatic nitrogens is 1. The molecule has 1 heterocycles. The molecule has 1 aromatic carbocycles. The number of carboxylic acid groups (broad SMARTS) is 1. The Balaban J connectivity index is 2.20. The predicted molar refractivity (Wildman–Crippen MR) is 101 cm³/mol. The van der Waals surface area contributed by atoms with Crippen molar-refractivity contribution in [2.24, 2.45) is 5.73 Å². The molecule has 1 aromatic heterocycles. The van der Waals surface area contributed by atoms with Crippen LogP contribution in [0, 0.1) is 0 Å². The average Bonchev–Trinajstić information content (AvgIpc) is 2.60. The van der Waals surface area contributed by atoms with Crippen LogP contribution in [0.4, 0.5) is 0 Å². The monoisotopic (exact) mass is 421 g/mol. The normalized spacial score (nSPS) is 11.8. The number of nitrogens with zero attached hydrogens (tertiary/aromatic N) is 1. The van der Waals surface area contributed by atoms with Gasteiger partial charge >= 0.3 is 5.97 Å². The highest BCUT2D eigenvalue weighted by atomic mass is 79.9. The molecule has 1 amide bonds. The first kappa shape index (κ1) is 19.9. The van der Waals surface area contributed by atoms with Crippen molar-refractivity contribution in [3.8, 4) is 0 Å². The van der Waals surface area contributed by atoms with Crippen molar-refractivity contribution in [2.75, 3.05) is 6.54 Å². The summed E-state index contributed by atoms with van der Waals surface area (Å²) >= 11 is 3.38. The molecule has 0 saturated heterocycles. The van der Waals surface area contributed by atoms with Gasteiger partial charge in [0, 0.05) is 10.7 Å². The maximum Gasteiger partial charge on any atom is 0.326 e. The Morgan fingerprint density at radius 3 is 2.69 bits per heavy atom. The van der Waals surface area contributed by atoms with Crippen LogP contribution in [0.2, 0.25) is 0 Å². The fourth-order valence-electron chi connectivity index (χ4n) is 2.48. The van der Waals surface area contributed by atoms with Crippen molar-refractivity contribution < 1.29 is 14.7 Å². The maximum absolute atomic E-state index is 12.6. The van der Waals surface area contributed by atoms with Crippen LogP contribution in [0.15, 0.2) is 51.9 Å². The molecular formula is C18H20BrN3O4. The average molecular weight is 422 g/mol. The minimum Gasteiger partial charge on any atom is -0.480 e. The van der Waals surface area contributed by atoms with E-state index in [0.717, 1.165) is 10.0 Å². The minimum atomic E-state index is -1.16. The Morgan fingerprint density at radius 1 is 1.27 bits per heavy atom. The molecule has 2 aromatic rings. The van der Waals surface area contributed by atoms with Gasteiger partial charge in [-0.15, -0.1) is 0 Å². The molecule has 0 spiro atoms. The number of carbonyl (C=O) groups is 2. The quantitative estimate of drug-likeness (QED) is 0.598. The molecule has 8 heteroatoms. The van der Waals surface area contributed by atoms with Crippen molar-refractivity contribution in [3.63, 3.8) is 0 Å². The molecule has 0 saturated carbocycles. The molecule has 4 N–H and O–H groups in total. The van der Waals surface area contributed by atoms with E-state index in [0.29, 0.717) is 19.5 Å². The number of hydrogen-bond acceptors (Lipinski definition) is 4. The van der Waals surface area contributed by atoms with E-state index in [2.05, 4.69) is 21.2 Å². The second-order valence-electron chi connectivity index (χ2n) is 5.78.